The number of hydrogen-bond acceptors (Lipinski definition) is 3. The lowest BCUT2D eigenvalue weighted by molar-refractivity contribution is -0.135. The first-order valence-electron chi connectivity index (χ1n) is 6.26. The second-order valence-corrected chi connectivity index (χ2v) is 4.45. The minimum Gasteiger partial charge on any atom is -0.378 e. The molecule has 0 atom stereocenters. The van der Waals surface area contributed by atoms with E-state index in [1.54, 1.807) is 0 Å². The molecule has 0 bridgehead atoms. The molecule has 16 heavy (non-hydrogen) atoms. The van der Waals surface area contributed by atoms with Crippen molar-refractivity contribution in [3.63, 3.8) is 0 Å². The lowest BCUT2D eigenvalue weighted by Gasteiger charge is -2.29. The number of nitrogens with zero attached hydrogens (tertiary/aromatic N) is 2. The van der Waals surface area contributed by atoms with E-state index < -0.39 is 0 Å². The molecule has 0 aliphatic carbocycles. The maximum Gasteiger partial charge on any atom is 0.224 e. The molecule has 2 aliphatic heterocycles. The Morgan fingerprint density at radius 2 is 1.81 bits per heavy atom. The van der Waals surface area contributed by atoms with E-state index in [0.717, 1.165) is 32.7 Å². The second kappa shape index (κ2) is 6.21. The van der Waals surface area contributed by atoms with Crippen molar-refractivity contribution >= 4 is 5.91 Å². The van der Waals surface area contributed by atoms with Gasteiger partial charge in [-0.3, -0.25) is 4.79 Å². The summed E-state index contributed by atoms with van der Waals surface area (Å²) in [6.45, 7) is 6.10. The quantitative estimate of drug-likeness (QED) is 0.702. The maximum absolute atomic E-state index is 11.9. The van der Waals surface area contributed by atoms with E-state index in [1.807, 2.05) is 4.90 Å². The van der Waals surface area contributed by atoms with Crippen LogP contribution in [0.25, 0.3) is 0 Å². The summed E-state index contributed by atoms with van der Waals surface area (Å²) in [4.78, 5) is 16.2. The highest BCUT2D eigenvalue weighted by Crippen LogP contribution is 2.08. The Labute approximate surface area is 97.5 Å². The van der Waals surface area contributed by atoms with Crippen molar-refractivity contribution in [2.75, 3.05) is 45.9 Å². The molecule has 0 N–H and O–H groups in total. The summed E-state index contributed by atoms with van der Waals surface area (Å²) in [6.07, 6.45) is 5.35. The molecule has 4 nitrogen and oxygen atoms in total. The number of amides is 1. The molecule has 0 aromatic heterocycles. The molecule has 1 amide bonds. The summed E-state index contributed by atoms with van der Waals surface area (Å²) < 4.78 is 5.24. The number of rotatable bonds is 3. The van der Waals surface area contributed by atoms with Gasteiger partial charge in [0.05, 0.1) is 13.2 Å². The van der Waals surface area contributed by atoms with Crippen molar-refractivity contribution in [1.82, 2.24) is 9.80 Å². The van der Waals surface area contributed by atoms with Gasteiger partial charge in [-0.15, -0.1) is 0 Å². The van der Waals surface area contributed by atoms with Gasteiger partial charge >= 0.3 is 0 Å². The number of ether oxygens (including phenoxy) is 1. The van der Waals surface area contributed by atoms with E-state index in [1.165, 1.54) is 12.8 Å². The van der Waals surface area contributed by atoms with E-state index in [0.29, 0.717) is 19.6 Å². The van der Waals surface area contributed by atoms with Crippen LogP contribution in [0.5, 0.6) is 0 Å². The van der Waals surface area contributed by atoms with Crippen LogP contribution in [0.1, 0.15) is 19.3 Å². The maximum atomic E-state index is 11.9. The zero-order valence-electron chi connectivity index (χ0n) is 9.86. The van der Waals surface area contributed by atoms with Crippen molar-refractivity contribution in [3.05, 3.63) is 6.42 Å². The van der Waals surface area contributed by atoms with Crippen LogP contribution in [0.15, 0.2) is 0 Å². The molecule has 0 unspecified atom stereocenters. The first-order valence-corrected chi connectivity index (χ1v) is 6.26. The molecule has 0 aromatic rings. The predicted molar refractivity (Wildman–Crippen MR) is 62.0 cm³/mol. The Morgan fingerprint density at radius 1 is 1.12 bits per heavy atom. The standard InChI is InChI=1S/C12H21N2O2/c15-12(14-8-10-16-11-9-14)4-7-13-5-2-1-3-6-13/h1H,2-11H2. The molecule has 2 rings (SSSR count). The highest BCUT2D eigenvalue weighted by molar-refractivity contribution is 5.76. The zero-order valence-corrected chi connectivity index (χ0v) is 9.86. The molecule has 0 aromatic carbocycles. The summed E-state index contributed by atoms with van der Waals surface area (Å²) in [6, 6.07) is 0. The number of likely N-dealkylation sites (tertiary alicyclic amines) is 1. The Balaban J connectivity index is 1.65. The van der Waals surface area contributed by atoms with E-state index in [4.69, 9.17) is 4.74 Å². The summed E-state index contributed by atoms with van der Waals surface area (Å²) >= 11 is 0. The summed E-state index contributed by atoms with van der Waals surface area (Å²) in [7, 11) is 0. The van der Waals surface area contributed by atoms with Crippen molar-refractivity contribution in [1.29, 1.82) is 0 Å². The molecule has 0 spiro atoms. The van der Waals surface area contributed by atoms with Crippen LogP contribution in [0.3, 0.4) is 0 Å². The van der Waals surface area contributed by atoms with Crippen LogP contribution in [0.2, 0.25) is 0 Å². The van der Waals surface area contributed by atoms with E-state index in [2.05, 4.69) is 11.3 Å². The molecule has 2 fully saturated rings. The lowest BCUT2D eigenvalue weighted by Crippen LogP contribution is -2.42. The van der Waals surface area contributed by atoms with Gasteiger partial charge in [-0.2, -0.15) is 0 Å². The van der Waals surface area contributed by atoms with Gasteiger partial charge in [0.1, 0.15) is 0 Å². The topological polar surface area (TPSA) is 32.8 Å². The summed E-state index contributed by atoms with van der Waals surface area (Å²) in [5.41, 5.74) is 0. The van der Waals surface area contributed by atoms with E-state index >= 15 is 0 Å². The monoisotopic (exact) mass is 225 g/mol. The lowest BCUT2D eigenvalue weighted by atomic mass is 10.1. The number of carbonyl (C=O) groups is 1. The number of morpholine rings is 1. The largest absolute Gasteiger partial charge is 0.378 e. The summed E-state index contributed by atoms with van der Waals surface area (Å²) in [5.74, 6) is 0.290. The Bertz CT molecular complexity index is 221. The first-order chi connectivity index (χ1) is 7.86. The first kappa shape index (κ1) is 11.9. The van der Waals surface area contributed by atoms with E-state index in [9.17, 15) is 4.79 Å². The number of hydrogen-bond donors (Lipinski definition) is 0. The highest BCUT2D eigenvalue weighted by atomic mass is 16.5. The van der Waals surface area contributed by atoms with Gasteiger partial charge < -0.3 is 14.5 Å². The van der Waals surface area contributed by atoms with Crippen LogP contribution in [0.4, 0.5) is 0 Å². The van der Waals surface area contributed by atoms with Crippen LogP contribution in [-0.2, 0) is 9.53 Å². The molecule has 0 saturated carbocycles. The van der Waals surface area contributed by atoms with E-state index in [-0.39, 0.29) is 5.91 Å². The minimum atomic E-state index is 0.290. The average molecular weight is 225 g/mol. The zero-order chi connectivity index (χ0) is 11.2. The fraction of sp³-hybridized carbons (Fsp3) is 0.833. The second-order valence-electron chi connectivity index (χ2n) is 4.45. The Morgan fingerprint density at radius 3 is 2.50 bits per heavy atom. The van der Waals surface area contributed by atoms with Gasteiger partial charge in [-0.25, -0.2) is 0 Å². The Hall–Kier alpha value is -0.610. The highest BCUT2D eigenvalue weighted by Gasteiger charge is 2.18. The van der Waals surface area contributed by atoms with Crippen molar-refractivity contribution in [3.8, 4) is 0 Å². The van der Waals surface area contributed by atoms with Crippen LogP contribution >= 0.6 is 0 Å². The van der Waals surface area contributed by atoms with Gasteiger partial charge in [0.2, 0.25) is 5.91 Å². The van der Waals surface area contributed by atoms with Gasteiger partial charge in [0.25, 0.3) is 0 Å². The molecule has 91 valence electrons. The average Bonchev–Trinajstić information content (AvgIpc) is 2.38. The van der Waals surface area contributed by atoms with Gasteiger partial charge in [-0.1, -0.05) is 0 Å². The van der Waals surface area contributed by atoms with Crippen LogP contribution in [-0.4, -0.2) is 61.6 Å². The summed E-state index contributed by atoms with van der Waals surface area (Å²) in [5, 5.41) is 0. The third-order valence-corrected chi connectivity index (χ3v) is 3.30. The molecule has 1 radical (unpaired) electrons. The van der Waals surface area contributed by atoms with Gasteiger partial charge in [0.15, 0.2) is 0 Å². The van der Waals surface area contributed by atoms with Crippen molar-refractivity contribution in [2.24, 2.45) is 0 Å². The number of piperidine rings is 1. The third-order valence-electron chi connectivity index (χ3n) is 3.30. The van der Waals surface area contributed by atoms with Gasteiger partial charge in [-0.05, 0) is 32.4 Å². The Kier molecular flexibility index (Phi) is 4.60. The molecular weight excluding hydrogens is 204 g/mol. The molecule has 2 saturated heterocycles. The fourth-order valence-corrected chi connectivity index (χ4v) is 2.25. The SMILES string of the molecule is O=C(CCN1CC[CH]CC1)N1CCOCC1. The van der Waals surface area contributed by atoms with Crippen LogP contribution in [0, 0.1) is 6.42 Å². The fourth-order valence-electron chi connectivity index (χ4n) is 2.25. The predicted octanol–water partition coefficient (Wildman–Crippen LogP) is 0.535. The normalized spacial score (nSPS) is 23.4. The molecule has 2 aliphatic rings. The number of carbonyl (C=O) groups excluding carboxylic acids is 1. The van der Waals surface area contributed by atoms with Crippen molar-refractivity contribution in [2.45, 2.75) is 19.3 Å². The van der Waals surface area contributed by atoms with Gasteiger partial charge in [0, 0.05) is 26.1 Å². The molecule has 2 heterocycles. The van der Waals surface area contributed by atoms with Crippen molar-refractivity contribution < 1.29 is 9.53 Å². The smallest absolute Gasteiger partial charge is 0.224 e. The van der Waals surface area contributed by atoms with Crippen LogP contribution < -0.4 is 0 Å². The third kappa shape index (κ3) is 3.46. The molecular formula is C12H21N2O2. The minimum absolute atomic E-state index is 0.290. The molecule has 4 heteroatoms.